The quantitative estimate of drug-likeness (QED) is 0.853. The van der Waals surface area contributed by atoms with Crippen LogP contribution in [0, 0.1) is 29.6 Å². The fourth-order valence-electron chi connectivity index (χ4n) is 5.54. The molecule has 4 saturated carbocycles. The van der Waals surface area contributed by atoms with Crippen LogP contribution in [0.4, 0.5) is 0 Å². The highest BCUT2D eigenvalue weighted by atomic mass is 14.9. The molecule has 0 spiro atoms. The van der Waals surface area contributed by atoms with Crippen LogP contribution in [0.15, 0.2) is 30.3 Å². The maximum atomic E-state index is 3.83. The summed E-state index contributed by atoms with van der Waals surface area (Å²) in [7, 11) is 0. The molecule has 20 heavy (non-hydrogen) atoms. The van der Waals surface area contributed by atoms with Gasteiger partial charge in [-0.05, 0) is 80.7 Å². The van der Waals surface area contributed by atoms with Gasteiger partial charge in [-0.1, -0.05) is 30.3 Å². The van der Waals surface area contributed by atoms with Crippen LogP contribution in [0.25, 0.3) is 0 Å². The number of hydrogen-bond acceptors (Lipinski definition) is 1. The highest BCUT2D eigenvalue weighted by molar-refractivity contribution is 5.18. The van der Waals surface area contributed by atoms with Crippen molar-refractivity contribution in [3.8, 4) is 0 Å². The molecule has 1 atom stereocenters. The fourth-order valence-corrected chi connectivity index (χ4v) is 5.54. The summed E-state index contributed by atoms with van der Waals surface area (Å²) in [5.41, 5.74) is 1.43. The Balaban J connectivity index is 1.38. The molecule has 1 unspecified atom stereocenters. The van der Waals surface area contributed by atoms with Crippen LogP contribution in [-0.2, 0) is 0 Å². The lowest BCUT2D eigenvalue weighted by Gasteiger charge is -2.54. The highest BCUT2D eigenvalue weighted by Gasteiger charge is 2.47. The van der Waals surface area contributed by atoms with E-state index in [9.17, 15) is 0 Å². The van der Waals surface area contributed by atoms with E-state index in [2.05, 4.69) is 42.6 Å². The van der Waals surface area contributed by atoms with E-state index in [1.807, 2.05) is 0 Å². The maximum absolute atomic E-state index is 3.83. The molecule has 0 radical (unpaired) electrons. The van der Waals surface area contributed by atoms with E-state index in [1.54, 1.807) is 32.1 Å². The molecule has 1 heteroatoms. The molecule has 0 saturated heterocycles. The summed E-state index contributed by atoms with van der Waals surface area (Å²) in [5, 5.41) is 3.83. The minimum absolute atomic E-state index is 0.494. The van der Waals surface area contributed by atoms with Crippen molar-refractivity contribution >= 4 is 0 Å². The van der Waals surface area contributed by atoms with Crippen molar-refractivity contribution in [2.45, 2.75) is 45.1 Å². The number of benzene rings is 1. The molecule has 0 heterocycles. The smallest absolute Gasteiger partial charge is 0.0291 e. The number of nitrogens with one attached hydrogen (secondary N) is 1. The van der Waals surface area contributed by atoms with Gasteiger partial charge in [-0.15, -0.1) is 0 Å². The summed E-state index contributed by atoms with van der Waals surface area (Å²) in [6, 6.07) is 11.4. The second kappa shape index (κ2) is 5.18. The van der Waals surface area contributed by atoms with Crippen LogP contribution in [0.2, 0.25) is 0 Å². The van der Waals surface area contributed by atoms with E-state index >= 15 is 0 Å². The normalized spacial score (nSPS) is 40.0. The molecule has 4 aliphatic rings. The third-order valence-corrected chi connectivity index (χ3v) is 6.38. The lowest BCUT2D eigenvalue weighted by molar-refractivity contribution is -0.0362. The molecule has 1 aromatic rings. The van der Waals surface area contributed by atoms with E-state index in [1.165, 1.54) is 12.1 Å². The topological polar surface area (TPSA) is 12.0 Å². The van der Waals surface area contributed by atoms with Crippen molar-refractivity contribution in [2.24, 2.45) is 29.6 Å². The molecular weight excluding hydrogens is 242 g/mol. The van der Waals surface area contributed by atoms with Gasteiger partial charge in [-0.25, -0.2) is 0 Å². The first-order valence-corrected chi connectivity index (χ1v) is 8.58. The molecule has 4 bridgehead atoms. The second-order valence-corrected chi connectivity index (χ2v) is 7.64. The molecule has 4 aliphatic carbocycles. The first-order valence-electron chi connectivity index (χ1n) is 8.58. The summed E-state index contributed by atoms with van der Waals surface area (Å²) in [6.07, 6.45) is 7.73. The van der Waals surface area contributed by atoms with Gasteiger partial charge in [0.05, 0.1) is 0 Å². The lowest BCUT2D eigenvalue weighted by Crippen LogP contribution is -2.48. The van der Waals surface area contributed by atoms with Crippen molar-refractivity contribution in [3.05, 3.63) is 35.9 Å². The second-order valence-electron chi connectivity index (χ2n) is 7.64. The van der Waals surface area contributed by atoms with Gasteiger partial charge in [0.2, 0.25) is 0 Å². The summed E-state index contributed by atoms with van der Waals surface area (Å²) >= 11 is 0. The standard InChI is InChI=1S/C19H27N/c1-13(16-5-3-2-4-6-16)20-12-19-17-8-14-7-15(10-17)11-18(19)9-14/h2-6,13-15,17-20H,7-12H2,1H3. The Kier molecular flexibility index (Phi) is 3.34. The maximum Gasteiger partial charge on any atom is 0.0291 e. The van der Waals surface area contributed by atoms with Gasteiger partial charge in [-0.2, -0.15) is 0 Å². The van der Waals surface area contributed by atoms with Crippen molar-refractivity contribution in [2.75, 3.05) is 6.54 Å². The van der Waals surface area contributed by atoms with Crippen LogP contribution in [-0.4, -0.2) is 6.54 Å². The summed E-state index contributed by atoms with van der Waals surface area (Å²) in [5.74, 6) is 5.25. The van der Waals surface area contributed by atoms with E-state index in [0.29, 0.717) is 6.04 Å². The minimum Gasteiger partial charge on any atom is -0.310 e. The van der Waals surface area contributed by atoms with E-state index in [4.69, 9.17) is 0 Å². The predicted molar refractivity (Wildman–Crippen MR) is 83.4 cm³/mol. The average molecular weight is 269 g/mol. The van der Waals surface area contributed by atoms with Gasteiger partial charge < -0.3 is 5.32 Å². The zero-order valence-electron chi connectivity index (χ0n) is 12.6. The number of hydrogen-bond donors (Lipinski definition) is 1. The largest absolute Gasteiger partial charge is 0.310 e. The SMILES string of the molecule is CC(NCC1C2CC3CC(C2)CC1C3)c1ccccc1. The monoisotopic (exact) mass is 269 g/mol. The van der Waals surface area contributed by atoms with Crippen LogP contribution in [0.3, 0.4) is 0 Å². The summed E-state index contributed by atoms with van der Waals surface area (Å²) in [6.45, 7) is 3.55. The third kappa shape index (κ3) is 2.30. The molecule has 5 rings (SSSR count). The Morgan fingerprint density at radius 1 is 0.950 bits per heavy atom. The minimum atomic E-state index is 0.494. The van der Waals surface area contributed by atoms with Gasteiger partial charge in [0.1, 0.15) is 0 Å². The van der Waals surface area contributed by atoms with Crippen molar-refractivity contribution in [1.29, 1.82) is 0 Å². The Bertz CT molecular complexity index is 424. The molecule has 1 nitrogen and oxygen atoms in total. The van der Waals surface area contributed by atoms with Crippen LogP contribution in [0.1, 0.15) is 50.6 Å². The lowest BCUT2D eigenvalue weighted by atomic mass is 9.52. The van der Waals surface area contributed by atoms with Crippen molar-refractivity contribution in [1.82, 2.24) is 5.32 Å². The Morgan fingerprint density at radius 2 is 1.55 bits per heavy atom. The first kappa shape index (κ1) is 12.9. The predicted octanol–water partition coefficient (Wildman–Crippen LogP) is 4.41. The third-order valence-electron chi connectivity index (χ3n) is 6.38. The van der Waals surface area contributed by atoms with Gasteiger partial charge in [0, 0.05) is 6.04 Å². The molecule has 0 aliphatic heterocycles. The van der Waals surface area contributed by atoms with Crippen LogP contribution < -0.4 is 5.32 Å². The van der Waals surface area contributed by atoms with Crippen molar-refractivity contribution in [3.63, 3.8) is 0 Å². The average Bonchev–Trinajstić information content (AvgIpc) is 2.46. The summed E-state index contributed by atoms with van der Waals surface area (Å²) < 4.78 is 0. The molecule has 1 N–H and O–H groups in total. The summed E-state index contributed by atoms with van der Waals surface area (Å²) in [4.78, 5) is 0. The molecule has 1 aromatic carbocycles. The molecule has 108 valence electrons. The van der Waals surface area contributed by atoms with Gasteiger partial charge in [0.15, 0.2) is 0 Å². The molecule has 0 amide bonds. The first-order chi connectivity index (χ1) is 9.79. The Hall–Kier alpha value is -0.820. The van der Waals surface area contributed by atoms with E-state index < -0.39 is 0 Å². The zero-order chi connectivity index (χ0) is 13.5. The van der Waals surface area contributed by atoms with Crippen LogP contribution >= 0.6 is 0 Å². The van der Waals surface area contributed by atoms with E-state index in [-0.39, 0.29) is 0 Å². The molecule has 0 aromatic heterocycles. The van der Waals surface area contributed by atoms with Crippen LogP contribution in [0.5, 0.6) is 0 Å². The van der Waals surface area contributed by atoms with Gasteiger partial charge >= 0.3 is 0 Å². The van der Waals surface area contributed by atoms with Gasteiger partial charge in [-0.3, -0.25) is 0 Å². The van der Waals surface area contributed by atoms with Crippen molar-refractivity contribution < 1.29 is 0 Å². The van der Waals surface area contributed by atoms with Gasteiger partial charge in [0.25, 0.3) is 0 Å². The molecular formula is C19H27N. The fraction of sp³-hybridized carbons (Fsp3) is 0.684. The zero-order valence-corrected chi connectivity index (χ0v) is 12.6. The Labute approximate surface area is 123 Å². The van der Waals surface area contributed by atoms with E-state index in [0.717, 1.165) is 29.6 Å². The highest BCUT2D eigenvalue weighted by Crippen LogP contribution is 2.56. The number of rotatable bonds is 4. The molecule has 4 fully saturated rings. The Morgan fingerprint density at radius 3 is 2.15 bits per heavy atom.